The molecule has 9 nitrogen and oxygen atoms in total. The molecule has 128 valence electrons. The van der Waals surface area contributed by atoms with Crippen molar-refractivity contribution < 1.29 is 18.8 Å². The van der Waals surface area contributed by atoms with E-state index in [0.717, 1.165) is 4.90 Å². The number of amides is 4. The van der Waals surface area contributed by atoms with Crippen molar-refractivity contribution in [3.63, 3.8) is 0 Å². The molecule has 0 unspecified atom stereocenters. The van der Waals surface area contributed by atoms with Crippen LogP contribution in [0, 0.1) is 0 Å². The van der Waals surface area contributed by atoms with Crippen molar-refractivity contribution in [2.24, 2.45) is 0 Å². The van der Waals surface area contributed by atoms with E-state index in [1.54, 1.807) is 31.1 Å². The molecule has 2 aromatic rings. The molecule has 1 saturated heterocycles. The van der Waals surface area contributed by atoms with Crippen LogP contribution in [0.1, 0.15) is 11.3 Å². The number of barbiturate groups is 1. The molecule has 4 amide bonds. The topological polar surface area (TPSA) is 109 Å². The Morgan fingerprint density at radius 2 is 1.96 bits per heavy atom. The van der Waals surface area contributed by atoms with Crippen LogP contribution in [0.4, 0.5) is 10.7 Å². The zero-order valence-corrected chi connectivity index (χ0v) is 13.6. The van der Waals surface area contributed by atoms with Crippen LogP contribution >= 0.6 is 0 Å². The van der Waals surface area contributed by atoms with Crippen molar-refractivity contribution in [1.82, 2.24) is 20.2 Å². The zero-order chi connectivity index (χ0) is 18.0. The Morgan fingerprint density at radius 3 is 2.56 bits per heavy atom. The lowest BCUT2D eigenvalue weighted by molar-refractivity contribution is -0.130. The fourth-order valence-electron chi connectivity index (χ4n) is 2.20. The SMILES string of the molecule is CN(C)c1ncc(/C=C2/C(=O)NC(=O)N(Cc3ccco3)C2=O)cn1. The minimum Gasteiger partial charge on any atom is -0.467 e. The van der Waals surface area contributed by atoms with E-state index in [9.17, 15) is 14.4 Å². The first-order valence-electron chi connectivity index (χ1n) is 7.36. The molecule has 9 heteroatoms. The smallest absolute Gasteiger partial charge is 0.331 e. The molecule has 0 bridgehead atoms. The lowest BCUT2D eigenvalue weighted by Gasteiger charge is -2.25. The van der Waals surface area contributed by atoms with Crippen LogP contribution < -0.4 is 10.2 Å². The van der Waals surface area contributed by atoms with Crippen molar-refractivity contribution in [3.8, 4) is 0 Å². The summed E-state index contributed by atoms with van der Waals surface area (Å²) in [5, 5.41) is 2.14. The summed E-state index contributed by atoms with van der Waals surface area (Å²) >= 11 is 0. The minimum atomic E-state index is -0.789. The van der Waals surface area contributed by atoms with Gasteiger partial charge in [0.1, 0.15) is 11.3 Å². The molecule has 1 aliphatic heterocycles. The van der Waals surface area contributed by atoms with Crippen molar-refractivity contribution in [3.05, 3.63) is 47.7 Å². The summed E-state index contributed by atoms with van der Waals surface area (Å²) in [4.78, 5) is 47.4. The highest BCUT2D eigenvalue weighted by atomic mass is 16.3. The summed E-state index contributed by atoms with van der Waals surface area (Å²) < 4.78 is 5.15. The third-order valence-electron chi connectivity index (χ3n) is 3.45. The Labute approximate surface area is 143 Å². The predicted molar refractivity (Wildman–Crippen MR) is 87.1 cm³/mol. The quantitative estimate of drug-likeness (QED) is 0.647. The lowest BCUT2D eigenvalue weighted by Crippen LogP contribution is -2.53. The standard InChI is InChI=1S/C16H15N5O4/c1-20(2)15-17-7-10(8-18-15)6-12-13(22)19-16(24)21(14(12)23)9-11-4-3-5-25-11/h3-8H,9H2,1-2H3,(H,19,22,24)/b12-6-. The van der Waals surface area contributed by atoms with Crippen LogP contribution in [-0.4, -0.2) is 46.8 Å². The van der Waals surface area contributed by atoms with Gasteiger partial charge in [-0.3, -0.25) is 19.8 Å². The number of aromatic nitrogens is 2. The van der Waals surface area contributed by atoms with E-state index in [1.165, 1.54) is 24.7 Å². The van der Waals surface area contributed by atoms with Gasteiger partial charge in [-0.2, -0.15) is 0 Å². The second-order valence-corrected chi connectivity index (χ2v) is 5.50. The van der Waals surface area contributed by atoms with Gasteiger partial charge in [0.05, 0.1) is 12.8 Å². The lowest BCUT2D eigenvalue weighted by atomic mass is 10.1. The third-order valence-corrected chi connectivity index (χ3v) is 3.45. The molecule has 0 atom stereocenters. The average Bonchev–Trinajstić information content (AvgIpc) is 3.09. The number of hydrogen-bond donors (Lipinski definition) is 1. The highest BCUT2D eigenvalue weighted by molar-refractivity contribution is 6.30. The maximum Gasteiger partial charge on any atom is 0.331 e. The van der Waals surface area contributed by atoms with Crippen LogP contribution in [0.3, 0.4) is 0 Å². The number of nitrogens with one attached hydrogen (secondary N) is 1. The number of imide groups is 2. The fourth-order valence-corrected chi connectivity index (χ4v) is 2.20. The Hall–Kier alpha value is -3.49. The molecule has 3 rings (SSSR count). The molecule has 25 heavy (non-hydrogen) atoms. The van der Waals surface area contributed by atoms with E-state index in [2.05, 4.69) is 15.3 Å². The first-order chi connectivity index (χ1) is 12.0. The van der Waals surface area contributed by atoms with E-state index < -0.39 is 17.8 Å². The van der Waals surface area contributed by atoms with Crippen molar-refractivity contribution in [1.29, 1.82) is 0 Å². The molecule has 0 spiro atoms. The molecule has 0 saturated carbocycles. The summed E-state index contributed by atoms with van der Waals surface area (Å²) in [6.07, 6.45) is 5.76. The Balaban J connectivity index is 1.87. The molecular weight excluding hydrogens is 326 g/mol. The van der Waals surface area contributed by atoms with E-state index >= 15 is 0 Å². The van der Waals surface area contributed by atoms with E-state index in [1.807, 2.05) is 0 Å². The van der Waals surface area contributed by atoms with Gasteiger partial charge < -0.3 is 9.32 Å². The summed E-state index contributed by atoms with van der Waals surface area (Å²) in [6.45, 7) is -0.0711. The number of rotatable bonds is 4. The van der Waals surface area contributed by atoms with Crippen LogP contribution in [0.2, 0.25) is 0 Å². The third kappa shape index (κ3) is 3.39. The highest BCUT2D eigenvalue weighted by Gasteiger charge is 2.36. The fraction of sp³-hybridized carbons (Fsp3) is 0.188. The molecule has 1 N–H and O–H groups in total. The molecule has 0 radical (unpaired) electrons. The first-order valence-corrected chi connectivity index (χ1v) is 7.36. The maximum absolute atomic E-state index is 12.5. The Bertz CT molecular complexity index is 840. The predicted octanol–water partition coefficient (Wildman–Crippen LogP) is 0.798. The van der Waals surface area contributed by atoms with Gasteiger partial charge in [-0.05, 0) is 18.2 Å². The number of anilines is 1. The Kier molecular flexibility index (Phi) is 4.29. The normalized spacial score (nSPS) is 16.3. The molecule has 1 fully saturated rings. The van der Waals surface area contributed by atoms with Crippen LogP contribution in [0.5, 0.6) is 0 Å². The van der Waals surface area contributed by atoms with Gasteiger partial charge >= 0.3 is 6.03 Å². The van der Waals surface area contributed by atoms with Gasteiger partial charge in [0.2, 0.25) is 5.95 Å². The second kappa shape index (κ2) is 6.56. The highest BCUT2D eigenvalue weighted by Crippen LogP contribution is 2.17. The first kappa shape index (κ1) is 16.4. The molecule has 2 aromatic heterocycles. The van der Waals surface area contributed by atoms with Crippen LogP contribution in [0.15, 0.2) is 40.8 Å². The monoisotopic (exact) mass is 341 g/mol. The van der Waals surface area contributed by atoms with E-state index in [-0.39, 0.29) is 12.1 Å². The molecule has 0 aromatic carbocycles. The van der Waals surface area contributed by atoms with Gasteiger partial charge in [0.15, 0.2) is 0 Å². The number of nitrogens with zero attached hydrogens (tertiary/aromatic N) is 4. The number of carbonyl (C=O) groups is 3. The second-order valence-electron chi connectivity index (χ2n) is 5.50. The number of hydrogen-bond acceptors (Lipinski definition) is 7. The largest absolute Gasteiger partial charge is 0.467 e. The van der Waals surface area contributed by atoms with Crippen molar-refractivity contribution >= 4 is 29.9 Å². The van der Waals surface area contributed by atoms with Gasteiger partial charge in [0, 0.05) is 32.1 Å². The summed E-state index contributed by atoms with van der Waals surface area (Å²) in [5.41, 5.74) is 0.295. The summed E-state index contributed by atoms with van der Waals surface area (Å²) in [7, 11) is 3.59. The number of urea groups is 1. The van der Waals surface area contributed by atoms with Crippen LogP contribution in [0.25, 0.3) is 6.08 Å². The summed E-state index contributed by atoms with van der Waals surface area (Å²) in [6, 6.07) is 2.49. The Morgan fingerprint density at radius 1 is 1.24 bits per heavy atom. The number of carbonyl (C=O) groups excluding carboxylic acids is 3. The maximum atomic E-state index is 12.5. The van der Waals surface area contributed by atoms with Gasteiger partial charge in [-0.15, -0.1) is 0 Å². The van der Waals surface area contributed by atoms with Crippen LogP contribution in [-0.2, 0) is 16.1 Å². The zero-order valence-electron chi connectivity index (χ0n) is 13.6. The van der Waals surface area contributed by atoms with Crippen molar-refractivity contribution in [2.45, 2.75) is 6.54 Å². The van der Waals surface area contributed by atoms with Crippen molar-refractivity contribution in [2.75, 3.05) is 19.0 Å². The molecule has 1 aliphatic rings. The van der Waals surface area contributed by atoms with E-state index in [4.69, 9.17) is 4.42 Å². The molecule has 3 heterocycles. The van der Waals surface area contributed by atoms with Gasteiger partial charge in [0.25, 0.3) is 11.8 Å². The van der Waals surface area contributed by atoms with Gasteiger partial charge in [-0.1, -0.05) is 0 Å². The number of furan rings is 1. The molecule has 0 aliphatic carbocycles. The average molecular weight is 341 g/mol. The summed E-state index contributed by atoms with van der Waals surface area (Å²) in [5.74, 6) is -0.545. The van der Waals surface area contributed by atoms with E-state index in [0.29, 0.717) is 17.3 Å². The minimum absolute atomic E-state index is 0.0711. The van der Waals surface area contributed by atoms with Gasteiger partial charge in [-0.25, -0.2) is 14.8 Å². The molecular formula is C16H15N5O4.